The molecular weight excluding hydrogens is 603 g/mol. The van der Waals surface area contributed by atoms with Crippen LogP contribution in [0.15, 0.2) is 146 Å². The van der Waals surface area contributed by atoms with Crippen LogP contribution in [0, 0.1) is 0 Å². The fourth-order valence-corrected chi connectivity index (χ4v) is 8.12. The van der Waals surface area contributed by atoms with Crippen molar-refractivity contribution in [1.82, 2.24) is 9.97 Å². The molecule has 8 aromatic rings. The number of hydrogen-bond acceptors (Lipinski definition) is 0. The Kier molecular flexibility index (Phi) is 6.41. The van der Waals surface area contributed by atoms with Crippen molar-refractivity contribution in [2.45, 2.75) is 11.8 Å². The molecule has 0 bridgehead atoms. The molecule has 6 aromatic carbocycles. The van der Waals surface area contributed by atoms with Crippen LogP contribution in [0.1, 0.15) is 45.5 Å². The third-order valence-electron chi connectivity index (χ3n) is 9.56. The molecule has 0 radical (unpaired) electrons. The summed E-state index contributed by atoms with van der Waals surface area (Å²) in [6.07, 6.45) is 0. The van der Waals surface area contributed by atoms with E-state index in [2.05, 4.69) is 131 Å². The molecule has 2 aromatic heterocycles. The summed E-state index contributed by atoms with van der Waals surface area (Å²) in [7, 11) is 0. The van der Waals surface area contributed by atoms with Gasteiger partial charge < -0.3 is 9.97 Å². The van der Waals surface area contributed by atoms with E-state index in [9.17, 15) is 0 Å². The predicted octanol–water partition coefficient (Wildman–Crippen LogP) is 12.0. The van der Waals surface area contributed by atoms with Crippen molar-refractivity contribution in [3.05, 3.63) is 189 Å². The van der Waals surface area contributed by atoms with Crippen molar-refractivity contribution in [2.75, 3.05) is 0 Å². The molecule has 0 saturated carbocycles. The average Bonchev–Trinajstić information content (AvgIpc) is 3.68. The minimum atomic E-state index is -0.0205. The Morgan fingerprint density at radius 1 is 0.370 bits per heavy atom. The van der Waals surface area contributed by atoms with Crippen molar-refractivity contribution in [3.8, 4) is 22.3 Å². The van der Waals surface area contributed by atoms with Gasteiger partial charge >= 0.3 is 0 Å². The molecule has 0 aliphatic heterocycles. The highest BCUT2D eigenvalue weighted by atomic mass is 35.5. The van der Waals surface area contributed by atoms with Gasteiger partial charge in [-0.1, -0.05) is 157 Å². The van der Waals surface area contributed by atoms with Gasteiger partial charge in [0.05, 0.1) is 22.9 Å². The van der Waals surface area contributed by atoms with E-state index in [0.29, 0.717) is 0 Å². The van der Waals surface area contributed by atoms with E-state index >= 15 is 0 Å². The van der Waals surface area contributed by atoms with Crippen LogP contribution in [0.25, 0.3) is 44.1 Å². The number of rotatable bonds is 4. The molecule has 2 nitrogen and oxygen atoms in total. The van der Waals surface area contributed by atoms with Gasteiger partial charge in [-0.3, -0.25) is 0 Å². The monoisotopic (exact) mass is 630 g/mol. The molecule has 2 atom stereocenters. The van der Waals surface area contributed by atoms with Crippen LogP contribution in [-0.2, 0) is 0 Å². The number of benzene rings is 6. The van der Waals surface area contributed by atoms with Crippen molar-refractivity contribution in [2.24, 2.45) is 0 Å². The third-order valence-corrected chi connectivity index (χ3v) is 10.2. The highest BCUT2D eigenvalue weighted by Gasteiger charge is 2.40. The van der Waals surface area contributed by atoms with Crippen LogP contribution in [-0.4, -0.2) is 9.97 Å². The van der Waals surface area contributed by atoms with Crippen molar-refractivity contribution < 1.29 is 0 Å². The summed E-state index contributed by atoms with van der Waals surface area (Å²) in [4.78, 5) is 8.03. The third kappa shape index (κ3) is 4.11. The van der Waals surface area contributed by atoms with Crippen LogP contribution in [0.2, 0.25) is 10.0 Å². The fraction of sp³-hybridized carbons (Fsp3) is 0.0476. The van der Waals surface area contributed by atoms with Gasteiger partial charge in [-0.05, 0) is 34.4 Å². The van der Waals surface area contributed by atoms with E-state index in [1.54, 1.807) is 0 Å². The number of hydrogen-bond donors (Lipinski definition) is 2. The second-order valence-corrected chi connectivity index (χ2v) is 12.8. The first-order valence-electron chi connectivity index (χ1n) is 15.6. The quantitative estimate of drug-likeness (QED) is 0.194. The molecule has 46 heavy (non-hydrogen) atoms. The first-order valence-corrected chi connectivity index (χ1v) is 16.3. The van der Waals surface area contributed by atoms with Crippen molar-refractivity contribution in [3.63, 3.8) is 0 Å². The predicted molar refractivity (Wildman–Crippen MR) is 192 cm³/mol. The van der Waals surface area contributed by atoms with Crippen LogP contribution >= 0.6 is 23.2 Å². The van der Waals surface area contributed by atoms with E-state index in [-0.39, 0.29) is 11.8 Å². The van der Waals surface area contributed by atoms with E-state index in [0.717, 1.165) is 43.3 Å². The van der Waals surface area contributed by atoms with Crippen molar-refractivity contribution >= 4 is 45.0 Å². The molecule has 0 fully saturated rings. The first-order chi connectivity index (χ1) is 22.7. The highest BCUT2D eigenvalue weighted by molar-refractivity contribution is 6.34. The maximum absolute atomic E-state index is 6.80. The number of aromatic nitrogens is 2. The molecule has 0 saturated heterocycles. The molecule has 9 rings (SSSR count). The lowest BCUT2D eigenvalue weighted by Gasteiger charge is -2.31. The Hall–Kier alpha value is -5.02. The summed E-state index contributed by atoms with van der Waals surface area (Å²) in [5, 5.41) is 3.89. The van der Waals surface area contributed by atoms with Crippen LogP contribution in [0.4, 0.5) is 0 Å². The minimum Gasteiger partial charge on any atom is -0.357 e. The largest absolute Gasteiger partial charge is 0.357 e. The molecule has 220 valence electrons. The maximum Gasteiger partial charge on any atom is 0.0539 e. The van der Waals surface area contributed by atoms with Gasteiger partial charge in [0.15, 0.2) is 0 Å². The van der Waals surface area contributed by atoms with E-state index in [1.165, 1.54) is 44.4 Å². The lowest BCUT2D eigenvalue weighted by Crippen LogP contribution is -2.19. The lowest BCUT2D eigenvalue weighted by atomic mass is 9.72. The molecule has 0 spiro atoms. The minimum absolute atomic E-state index is 0.0205. The van der Waals surface area contributed by atoms with Crippen molar-refractivity contribution in [1.29, 1.82) is 0 Å². The first kappa shape index (κ1) is 27.3. The summed E-state index contributed by atoms with van der Waals surface area (Å²) in [6, 6.07) is 51.1. The normalized spacial score (nSPS) is 15.6. The second kappa shape index (κ2) is 10.8. The standard InChI is InChI=1S/C42H28Cl2N2/c43-33-23-9-7-17-27(33)29-19-11-21-31-37-35(25-13-3-1-4-14-25)41-38(36(42(37)46-39(29)31)26-15-5-2-6-16-26)32-22-12-20-30(40(32)45-41)28-18-8-10-24-34(28)44/h1-24,35-36,45-46H. The lowest BCUT2D eigenvalue weighted by molar-refractivity contribution is 0.801. The van der Waals surface area contributed by atoms with E-state index < -0.39 is 0 Å². The zero-order chi connectivity index (χ0) is 30.8. The molecule has 4 heteroatoms. The number of aromatic amines is 2. The molecule has 0 amide bonds. The Balaban J connectivity index is 1.41. The number of nitrogens with one attached hydrogen (secondary N) is 2. The Labute approximate surface area is 277 Å². The van der Waals surface area contributed by atoms with Gasteiger partial charge in [0.25, 0.3) is 0 Å². The van der Waals surface area contributed by atoms with E-state index in [4.69, 9.17) is 23.2 Å². The van der Waals surface area contributed by atoms with Gasteiger partial charge in [-0.25, -0.2) is 0 Å². The summed E-state index contributed by atoms with van der Waals surface area (Å²) >= 11 is 13.6. The zero-order valence-corrected chi connectivity index (χ0v) is 26.3. The van der Waals surface area contributed by atoms with Gasteiger partial charge in [0.2, 0.25) is 0 Å². The summed E-state index contributed by atoms with van der Waals surface area (Å²) in [6.45, 7) is 0. The molecule has 1 aliphatic carbocycles. The Morgan fingerprint density at radius 3 is 1.15 bits per heavy atom. The molecular formula is C42H28Cl2N2. The van der Waals surface area contributed by atoms with Crippen LogP contribution in [0.3, 0.4) is 0 Å². The summed E-state index contributed by atoms with van der Waals surface area (Å²) in [5.41, 5.74) is 14.0. The fourth-order valence-electron chi connectivity index (χ4n) is 7.65. The Morgan fingerprint density at radius 2 is 0.739 bits per heavy atom. The number of halogens is 2. The van der Waals surface area contributed by atoms with Gasteiger partial charge in [0.1, 0.15) is 0 Å². The molecule has 2 heterocycles. The maximum atomic E-state index is 6.80. The zero-order valence-electron chi connectivity index (χ0n) is 24.8. The number of H-pyrrole nitrogens is 2. The number of fused-ring (bicyclic) bond motifs is 6. The topological polar surface area (TPSA) is 31.6 Å². The summed E-state index contributed by atoms with van der Waals surface area (Å²) < 4.78 is 0. The smallest absolute Gasteiger partial charge is 0.0539 e. The SMILES string of the molecule is Clc1ccccc1-c1cccc2c3c([nH]c12)C(c1ccccc1)c1c([nH]c2c(-c4ccccc4Cl)cccc12)C3c1ccccc1. The van der Waals surface area contributed by atoms with E-state index in [1.807, 2.05) is 24.3 Å². The van der Waals surface area contributed by atoms with Gasteiger partial charge in [-0.15, -0.1) is 0 Å². The molecule has 2 N–H and O–H groups in total. The second-order valence-electron chi connectivity index (χ2n) is 12.0. The van der Waals surface area contributed by atoms with Gasteiger partial charge in [0, 0.05) is 54.5 Å². The van der Waals surface area contributed by atoms with Crippen LogP contribution in [0.5, 0.6) is 0 Å². The number of para-hydroxylation sites is 2. The molecule has 2 unspecified atom stereocenters. The van der Waals surface area contributed by atoms with Crippen LogP contribution < -0.4 is 0 Å². The molecule has 1 aliphatic rings. The summed E-state index contributed by atoms with van der Waals surface area (Å²) in [5.74, 6) is -0.0409. The Bertz CT molecular complexity index is 2230. The van der Waals surface area contributed by atoms with Gasteiger partial charge in [-0.2, -0.15) is 0 Å². The highest BCUT2D eigenvalue weighted by Crippen LogP contribution is 2.54. The average molecular weight is 632 g/mol.